The average molecular weight is 346 g/mol. The summed E-state index contributed by atoms with van der Waals surface area (Å²) in [5.41, 5.74) is 8.09. The normalized spacial score (nSPS) is 14.5. The number of halogens is 1. The second-order valence-electron chi connectivity index (χ2n) is 7.03. The summed E-state index contributed by atoms with van der Waals surface area (Å²) in [6.07, 6.45) is 0. The van der Waals surface area contributed by atoms with Crippen molar-refractivity contribution in [3.8, 4) is 16.8 Å². The quantitative estimate of drug-likeness (QED) is 0.463. The fraction of sp³-hybridized carbons (Fsp3) is 0.143. The Labute approximate surface area is 150 Å². The van der Waals surface area contributed by atoms with Crippen LogP contribution < -0.4 is 0 Å². The molecule has 0 amide bonds. The minimum Gasteiger partial charge on any atom is -0.213 e. The summed E-state index contributed by atoms with van der Waals surface area (Å²) in [6, 6.07) is 20.7. The van der Waals surface area contributed by atoms with Gasteiger partial charge in [0, 0.05) is 10.4 Å². The van der Waals surface area contributed by atoms with Crippen LogP contribution in [0.4, 0.5) is 0 Å². The van der Waals surface area contributed by atoms with Gasteiger partial charge >= 0.3 is 0 Å². The van der Waals surface area contributed by atoms with Gasteiger partial charge in [0.05, 0.1) is 11.2 Å². The van der Waals surface area contributed by atoms with Gasteiger partial charge in [0.15, 0.2) is 0 Å². The van der Waals surface area contributed by atoms with E-state index in [9.17, 15) is 0 Å². The molecule has 0 N–H and O–H groups in total. The fourth-order valence-electron chi connectivity index (χ4n) is 3.89. The number of hydrogen-bond donors (Lipinski definition) is 0. The number of aromatic nitrogens is 3. The molecule has 0 saturated carbocycles. The zero-order chi connectivity index (χ0) is 17.2. The van der Waals surface area contributed by atoms with Crippen molar-refractivity contribution < 1.29 is 0 Å². The van der Waals surface area contributed by atoms with E-state index in [1.54, 1.807) is 0 Å². The monoisotopic (exact) mass is 345 g/mol. The Kier molecular flexibility index (Phi) is 2.89. The SMILES string of the molecule is CC1(C)c2ccccc2-c2cc3c(cc21)nnn3-c1ccc(Cl)cc1. The summed E-state index contributed by atoms with van der Waals surface area (Å²) in [6.45, 7) is 4.54. The first kappa shape index (κ1) is 14.7. The molecule has 5 rings (SSSR count). The van der Waals surface area contributed by atoms with E-state index >= 15 is 0 Å². The first-order valence-electron chi connectivity index (χ1n) is 8.31. The fourth-order valence-corrected chi connectivity index (χ4v) is 4.01. The summed E-state index contributed by atoms with van der Waals surface area (Å²) < 4.78 is 1.87. The summed E-state index contributed by atoms with van der Waals surface area (Å²) in [7, 11) is 0. The molecule has 0 aliphatic heterocycles. The first-order chi connectivity index (χ1) is 12.1. The van der Waals surface area contributed by atoms with E-state index in [2.05, 4.69) is 60.6 Å². The molecule has 0 radical (unpaired) electrons. The second-order valence-corrected chi connectivity index (χ2v) is 7.47. The van der Waals surface area contributed by atoms with Gasteiger partial charge in [0.1, 0.15) is 5.52 Å². The Balaban J connectivity index is 1.79. The van der Waals surface area contributed by atoms with Crippen LogP contribution in [-0.4, -0.2) is 15.0 Å². The standard InChI is InChI=1S/C21H16ClN3/c1-21(2)17-6-4-3-5-15(17)16-11-20-19(12-18(16)21)23-24-25(20)14-9-7-13(22)8-10-14/h3-12H,1-2H3. The highest BCUT2D eigenvalue weighted by Crippen LogP contribution is 2.49. The summed E-state index contributed by atoms with van der Waals surface area (Å²) >= 11 is 6.01. The predicted molar refractivity (Wildman–Crippen MR) is 101 cm³/mol. The van der Waals surface area contributed by atoms with Crippen LogP contribution in [0.5, 0.6) is 0 Å². The number of fused-ring (bicyclic) bond motifs is 4. The third kappa shape index (κ3) is 1.99. The van der Waals surface area contributed by atoms with Gasteiger partial charge in [0.25, 0.3) is 0 Å². The van der Waals surface area contributed by atoms with Crippen LogP contribution in [0.25, 0.3) is 27.8 Å². The van der Waals surface area contributed by atoms with Gasteiger partial charge in [0.2, 0.25) is 0 Å². The molecule has 0 atom stereocenters. The lowest BCUT2D eigenvalue weighted by Gasteiger charge is -2.21. The number of nitrogens with zero attached hydrogens (tertiary/aromatic N) is 3. The van der Waals surface area contributed by atoms with E-state index in [1.807, 2.05) is 28.9 Å². The maximum Gasteiger partial charge on any atom is 0.114 e. The topological polar surface area (TPSA) is 30.7 Å². The van der Waals surface area contributed by atoms with E-state index < -0.39 is 0 Å². The smallest absolute Gasteiger partial charge is 0.114 e. The van der Waals surface area contributed by atoms with Gasteiger partial charge in [-0.1, -0.05) is 54.9 Å². The maximum absolute atomic E-state index is 6.01. The van der Waals surface area contributed by atoms with Crippen molar-refractivity contribution in [1.29, 1.82) is 0 Å². The van der Waals surface area contributed by atoms with Crippen LogP contribution in [0, 0.1) is 0 Å². The third-order valence-electron chi connectivity index (χ3n) is 5.22. The first-order valence-corrected chi connectivity index (χ1v) is 8.69. The zero-order valence-electron chi connectivity index (χ0n) is 14.0. The molecule has 3 aromatic carbocycles. The van der Waals surface area contributed by atoms with Crippen LogP contribution in [0.1, 0.15) is 25.0 Å². The summed E-state index contributed by atoms with van der Waals surface area (Å²) in [4.78, 5) is 0. The lowest BCUT2D eigenvalue weighted by molar-refractivity contribution is 0.661. The van der Waals surface area contributed by atoms with Gasteiger partial charge in [-0.15, -0.1) is 5.10 Å². The minimum absolute atomic E-state index is 0.0236. The van der Waals surface area contributed by atoms with Crippen LogP contribution in [0.15, 0.2) is 60.7 Å². The Morgan fingerprint density at radius 2 is 1.64 bits per heavy atom. The lowest BCUT2D eigenvalue weighted by atomic mass is 9.82. The predicted octanol–water partition coefficient (Wildman–Crippen LogP) is 5.38. The molecular weight excluding hydrogens is 330 g/mol. The summed E-state index contributed by atoms with van der Waals surface area (Å²) in [5.74, 6) is 0. The molecule has 0 spiro atoms. The largest absolute Gasteiger partial charge is 0.213 e. The third-order valence-corrected chi connectivity index (χ3v) is 5.47. The van der Waals surface area contributed by atoms with Gasteiger partial charge in [-0.3, -0.25) is 0 Å². The van der Waals surface area contributed by atoms with E-state index in [0.29, 0.717) is 5.02 Å². The van der Waals surface area contributed by atoms with Crippen molar-refractivity contribution in [2.24, 2.45) is 0 Å². The molecular formula is C21H16ClN3. The van der Waals surface area contributed by atoms with Gasteiger partial charge in [-0.2, -0.15) is 0 Å². The van der Waals surface area contributed by atoms with E-state index in [0.717, 1.165) is 16.7 Å². The van der Waals surface area contributed by atoms with Crippen molar-refractivity contribution in [2.75, 3.05) is 0 Å². The molecule has 3 nitrogen and oxygen atoms in total. The molecule has 4 aromatic rings. The second kappa shape index (κ2) is 4.93. The molecule has 1 aliphatic rings. The van der Waals surface area contributed by atoms with E-state index in [1.165, 1.54) is 22.3 Å². The van der Waals surface area contributed by atoms with Crippen molar-refractivity contribution in [3.05, 3.63) is 76.8 Å². The number of hydrogen-bond acceptors (Lipinski definition) is 2. The Morgan fingerprint density at radius 3 is 2.44 bits per heavy atom. The molecule has 0 unspecified atom stereocenters. The number of rotatable bonds is 1. The van der Waals surface area contributed by atoms with Gasteiger partial charge < -0.3 is 0 Å². The highest BCUT2D eigenvalue weighted by molar-refractivity contribution is 6.30. The molecule has 1 heterocycles. The van der Waals surface area contributed by atoms with E-state index in [-0.39, 0.29) is 5.41 Å². The minimum atomic E-state index is -0.0236. The molecule has 1 aromatic heterocycles. The molecule has 122 valence electrons. The zero-order valence-corrected chi connectivity index (χ0v) is 14.7. The Hall–Kier alpha value is -2.65. The molecule has 25 heavy (non-hydrogen) atoms. The van der Waals surface area contributed by atoms with Gasteiger partial charge in [-0.25, -0.2) is 4.68 Å². The van der Waals surface area contributed by atoms with Crippen molar-refractivity contribution in [2.45, 2.75) is 19.3 Å². The molecule has 0 bridgehead atoms. The molecule has 0 saturated heterocycles. The van der Waals surface area contributed by atoms with E-state index in [4.69, 9.17) is 11.6 Å². The molecule has 4 heteroatoms. The highest BCUT2D eigenvalue weighted by atomic mass is 35.5. The highest BCUT2D eigenvalue weighted by Gasteiger charge is 2.35. The Morgan fingerprint density at radius 1 is 0.880 bits per heavy atom. The van der Waals surface area contributed by atoms with Crippen LogP contribution in [-0.2, 0) is 5.41 Å². The van der Waals surface area contributed by atoms with Crippen LogP contribution >= 0.6 is 11.6 Å². The molecule has 1 aliphatic carbocycles. The summed E-state index contributed by atoms with van der Waals surface area (Å²) in [5, 5.41) is 9.48. The number of benzene rings is 3. The van der Waals surface area contributed by atoms with Crippen molar-refractivity contribution in [3.63, 3.8) is 0 Å². The van der Waals surface area contributed by atoms with Gasteiger partial charge in [-0.05, 0) is 58.7 Å². The maximum atomic E-state index is 6.01. The van der Waals surface area contributed by atoms with Crippen molar-refractivity contribution in [1.82, 2.24) is 15.0 Å². The van der Waals surface area contributed by atoms with Crippen molar-refractivity contribution >= 4 is 22.6 Å². The Bertz CT molecular complexity index is 1120. The van der Waals surface area contributed by atoms with Crippen LogP contribution in [0.3, 0.4) is 0 Å². The average Bonchev–Trinajstić information content (AvgIpc) is 3.13. The lowest BCUT2D eigenvalue weighted by Crippen LogP contribution is -2.14. The molecule has 0 fully saturated rings. The van der Waals surface area contributed by atoms with Crippen LogP contribution in [0.2, 0.25) is 5.02 Å².